The van der Waals surface area contributed by atoms with Crippen LogP contribution >= 0.6 is 27.7 Å². The predicted octanol–water partition coefficient (Wildman–Crippen LogP) is 3.82. The fourth-order valence-electron chi connectivity index (χ4n) is 2.21. The minimum absolute atomic E-state index is 0.178. The van der Waals surface area contributed by atoms with E-state index in [-0.39, 0.29) is 10.4 Å². The third-order valence-corrected chi connectivity index (χ3v) is 5.09. The molecule has 0 aliphatic carbocycles. The minimum Gasteiger partial charge on any atom is -0.297 e. The standard InChI is InChI=1S/C13H18BrNS/c1-12(2)9-16-13(3,15-12)8-10-4-6-11(14)7-5-10/h4-7,15H,8-9H2,1-3H3. The van der Waals surface area contributed by atoms with Gasteiger partial charge in [-0.05, 0) is 44.9 Å². The van der Waals surface area contributed by atoms with Gasteiger partial charge in [-0.2, -0.15) is 0 Å². The van der Waals surface area contributed by atoms with Crippen molar-refractivity contribution in [3.05, 3.63) is 34.3 Å². The third kappa shape index (κ3) is 3.02. The lowest BCUT2D eigenvalue weighted by Crippen LogP contribution is -2.46. The summed E-state index contributed by atoms with van der Waals surface area (Å²) in [5.41, 5.74) is 1.65. The molecular formula is C13H18BrNS. The molecule has 1 heterocycles. The van der Waals surface area contributed by atoms with Gasteiger partial charge in [-0.1, -0.05) is 28.1 Å². The number of thioether (sulfide) groups is 1. The van der Waals surface area contributed by atoms with Crippen LogP contribution in [-0.2, 0) is 6.42 Å². The van der Waals surface area contributed by atoms with Crippen molar-refractivity contribution in [3.8, 4) is 0 Å². The van der Waals surface area contributed by atoms with Gasteiger partial charge < -0.3 is 0 Å². The maximum atomic E-state index is 3.72. The summed E-state index contributed by atoms with van der Waals surface area (Å²) in [5.74, 6) is 1.18. The molecule has 1 atom stereocenters. The van der Waals surface area contributed by atoms with Gasteiger partial charge in [0.1, 0.15) is 0 Å². The summed E-state index contributed by atoms with van der Waals surface area (Å²) in [7, 11) is 0. The largest absolute Gasteiger partial charge is 0.297 e. The van der Waals surface area contributed by atoms with Gasteiger partial charge >= 0.3 is 0 Å². The lowest BCUT2D eigenvalue weighted by atomic mass is 10.0. The van der Waals surface area contributed by atoms with Crippen LogP contribution in [0.25, 0.3) is 0 Å². The second-order valence-corrected chi connectivity index (χ2v) is 7.73. The molecule has 1 saturated heterocycles. The van der Waals surface area contributed by atoms with E-state index in [1.165, 1.54) is 11.3 Å². The number of rotatable bonds is 2. The molecule has 0 amide bonds. The molecule has 0 spiro atoms. The van der Waals surface area contributed by atoms with Gasteiger partial charge in [0.05, 0.1) is 4.87 Å². The Labute approximate surface area is 111 Å². The van der Waals surface area contributed by atoms with Crippen molar-refractivity contribution in [3.63, 3.8) is 0 Å². The van der Waals surface area contributed by atoms with Crippen LogP contribution in [0.15, 0.2) is 28.7 Å². The number of benzene rings is 1. The maximum Gasteiger partial charge on any atom is 0.0662 e. The van der Waals surface area contributed by atoms with E-state index in [9.17, 15) is 0 Å². The number of hydrogen-bond donors (Lipinski definition) is 1. The molecule has 0 aromatic heterocycles. The molecule has 1 fully saturated rings. The van der Waals surface area contributed by atoms with Crippen LogP contribution in [0.5, 0.6) is 0 Å². The molecular weight excluding hydrogens is 282 g/mol. The van der Waals surface area contributed by atoms with Gasteiger partial charge in [0.2, 0.25) is 0 Å². The maximum absolute atomic E-state index is 3.72. The molecule has 1 aromatic rings. The molecule has 88 valence electrons. The molecule has 1 unspecified atom stereocenters. The van der Waals surface area contributed by atoms with Crippen LogP contribution < -0.4 is 5.32 Å². The van der Waals surface area contributed by atoms with E-state index in [4.69, 9.17) is 0 Å². The van der Waals surface area contributed by atoms with E-state index in [0.717, 1.165) is 10.9 Å². The van der Waals surface area contributed by atoms with Crippen molar-refractivity contribution in [1.82, 2.24) is 5.32 Å². The highest BCUT2D eigenvalue weighted by Gasteiger charge is 2.39. The van der Waals surface area contributed by atoms with E-state index in [1.54, 1.807) is 0 Å². The Hall–Kier alpha value is 0.01000. The van der Waals surface area contributed by atoms with Gasteiger partial charge in [-0.3, -0.25) is 5.32 Å². The summed E-state index contributed by atoms with van der Waals surface area (Å²) in [6.45, 7) is 6.84. The summed E-state index contributed by atoms with van der Waals surface area (Å²) in [4.78, 5) is 0.178. The zero-order valence-electron chi connectivity index (χ0n) is 10.0. The summed E-state index contributed by atoms with van der Waals surface area (Å²) < 4.78 is 1.15. The predicted molar refractivity (Wildman–Crippen MR) is 75.9 cm³/mol. The van der Waals surface area contributed by atoms with E-state index in [2.05, 4.69) is 66.3 Å². The van der Waals surface area contributed by atoms with Crippen molar-refractivity contribution in [1.29, 1.82) is 0 Å². The highest BCUT2D eigenvalue weighted by molar-refractivity contribution is 9.10. The van der Waals surface area contributed by atoms with Crippen molar-refractivity contribution in [2.24, 2.45) is 0 Å². The summed E-state index contributed by atoms with van der Waals surface area (Å²) in [6, 6.07) is 8.62. The van der Waals surface area contributed by atoms with Crippen molar-refractivity contribution < 1.29 is 0 Å². The van der Waals surface area contributed by atoms with Gasteiger partial charge in [0.15, 0.2) is 0 Å². The monoisotopic (exact) mass is 299 g/mol. The van der Waals surface area contributed by atoms with E-state index in [1.807, 2.05) is 11.8 Å². The van der Waals surface area contributed by atoms with Crippen LogP contribution in [0, 0.1) is 0 Å². The van der Waals surface area contributed by atoms with Gasteiger partial charge in [-0.15, -0.1) is 11.8 Å². The van der Waals surface area contributed by atoms with E-state index in [0.29, 0.717) is 0 Å². The summed E-state index contributed by atoms with van der Waals surface area (Å²) in [5, 5.41) is 3.72. The topological polar surface area (TPSA) is 12.0 Å². The molecule has 0 bridgehead atoms. The van der Waals surface area contributed by atoms with E-state index >= 15 is 0 Å². The third-order valence-electron chi connectivity index (χ3n) is 2.81. The summed E-state index contributed by atoms with van der Waals surface area (Å²) in [6.07, 6.45) is 1.08. The first-order valence-corrected chi connectivity index (χ1v) is 7.34. The smallest absolute Gasteiger partial charge is 0.0662 e. The highest BCUT2D eigenvalue weighted by Crippen LogP contribution is 2.37. The Morgan fingerprint density at radius 1 is 1.25 bits per heavy atom. The molecule has 3 heteroatoms. The van der Waals surface area contributed by atoms with Crippen LogP contribution in [0.4, 0.5) is 0 Å². The first kappa shape index (κ1) is 12.5. The fraction of sp³-hybridized carbons (Fsp3) is 0.538. The Kier molecular flexibility index (Phi) is 3.39. The second kappa shape index (κ2) is 4.35. The van der Waals surface area contributed by atoms with Gasteiger partial charge in [0, 0.05) is 15.8 Å². The minimum atomic E-state index is 0.178. The van der Waals surface area contributed by atoms with Gasteiger partial charge in [0.25, 0.3) is 0 Å². The molecule has 1 aliphatic heterocycles. The average Bonchev–Trinajstić information content (AvgIpc) is 2.45. The lowest BCUT2D eigenvalue weighted by molar-refractivity contribution is 0.379. The van der Waals surface area contributed by atoms with Crippen molar-refractivity contribution in [2.75, 3.05) is 5.75 Å². The Morgan fingerprint density at radius 2 is 1.88 bits per heavy atom. The Bertz CT molecular complexity index is 374. The van der Waals surface area contributed by atoms with Crippen LogP contribution in [0.2, 0.25) is 0 Å². The second-order valence-electron chi connectivity index (χ2n) is 5.33. The first-order chi connectivity index (χ1) is 7.39. The summed E-state index contributed by atoms with van der Waals surface area (Å²) >= 11 is 5.50. The van der Waals surface area contributed by atoms with Crippen LogP contribution in [0.1, 0.15) is 26.3 Å². The average molecular weight is 300 g/mol. The normalized spacial score (nSPS) is 28.2. The highest BCUT2D eigenvalue weighted by atomic mass is 79.9. The van der Waals surface area contributed by atoms with E-state index < -0.39 is 0 Å². The molecule has 1 N–H and O–H groups in total. The molecule has 16 heavy (non-hydrogen) atoms. The number of halogens is 1. The lowest BCUT2D eigenvalue weighted by Gasteiger charge is -2.27. The molecule has 1 nitrogen and oxygen atoms in total. The molecule has 1 aliphatic rings. The van der Waals surface area contributed by atoms with Crippen molar-refractivity contribution in [2.45, 2.75) is 37.6 Å². The number of hydrogen-bond acceptors (Lipinski definition) is 2. The van der Waals surface area contributed by atoms with Crippen LogP contribution in [-0.4, -0.2) is 16.2 Å². The van der Waals surface area contributed by atoms with Crippen LogP contribution in [0.3, 0.4) is 0 Å². The Balaban J connectivity index is 2.07. The van der Waals surface area contributed by atoms with Crippen molar-refractivity contribution >= 4 is 27.7 Å². The number of nitrogens with one attached hydrogen (secondary N) is 1. The zero-order valence-corrected chi connectivity index (χ0v) is 12.4. The Morgan fingerprint density at radius 3 is 2.38 bits per heavy atom. The first-order valence-electron chi connectivity index (χ1n) is 5.56. The quantitative estimate of drug-likeness (QED) is 0.891. The molecule has 2 rings (SSSR count). The fourth-order valence-corrected chi connectivity index (χ4v) is 3.85. The molecule has 1 aromatic carbocycles. The SMILES string of the molecule is CC1(C)CSC(C)(Cc2ccc(Br)cc2)N1. The van der Waals surface area contributed by atoms with Gasteiger partial charge in [-0.25, -0.2) is 0 Å². The molecule has 0 saturated carbocycles. The zero-order chi connectivity index (χ0) is 11.8. The molecule has 0 radical (unpaired) electrons.